The number of hydrogen-bond donors (Lipinski definition) is 1. The Balaban J connectivity index is 1.91. The number of pyridine rings is 1. The number of rotatable bonds is 5. The first kappa shape index (κ1) is 17.9. The maximum atomic E-state index is 12.3. The molecule has 1 amide bonds. The van der Waals surface area contributed by atoms with Gasteiger partial charge >= 0.3 is 0 Å². The van der Waals surface area contributed by atoms with Crippen LogP contribution in [0.15, 0.2) is 42.7 Å². The molecule has 0 aliphatic heterocycles. The van der Waals surface area contributed by atoms with Gasteiger partial charge in [0, 0.05) is 22.8 Å². The Morgan fingerprint density at radius 3 is 2.76 bits per heavy atom. The molecule has 0 atom stereocenters. The molecular weight excluding hydrogens is 377 g/mol. The number of aryl methyl sites for hydroxylation is 1. The highest BCUT2D eigenvalue weighted by molar-refractivity contribution is 7.16. The highest BCUT2D eigenvalue weighted by atomic mass is 35.5. The molecule has 25 heavy (non-hydrogen) atoms. The Labute approximate surface area is 159 Å². The van der Waals surface area contributed by atoms with Crippen LogP contribution in [0.5, 0.6) is 0 Å². The van der Waals surface area contributed by atoms with Crippen LogP contribution in [0.3, 0.4) is 0 Å². The first-order valence-corrected chi connectivity index (χ1v) is 9.32. The van der Waals surface area contributed by atoms with Crippen molar-refractivity contribution in [1.29, 1.82) is 0 Å². The smallest absolute Gasteiger partial charge is 0.259 e. The monoisotopic (exact) mass is 391 g/mol. The fourth-order valence-corrected chi connectivity index (χ4v) is 3.72. The summed E-state index contributed by atoms with van der Waals surface area (Å²) < 4.78 is 0. The number of carbonyl (C=O) groups is 1. The zero-order chi connectivity index (χ0) is 17.8. The standard InChI is InChI=1S/C18H15Cl2N3OS/c1-2-4-15-16(11-6-7-13(19)14(20)9-11)22-18(25-15)23-17(24)12-5-3-8-21-10-12/h3,5-10H,2,4H2,1H3,(H,22,23,24). The maximum absolute atomic E-state index is 12.3. The van der Waals surface area contributed by atoms with E-state index >= 15 is 0 Å². The van der Waals surface area contributed by atoms with Crippen LogP contribution in [0.4, 0.5) is 5.13 Å². The van der Waals surface area contributed by atoms with Gasteiger partial charge < -0.3 is 0 Å². The zero-order valence-corrected chi connectivity index (χ0v) is 15.8. The van der Waals surface area contributed by atoms with Gasteiger partial charge in [0.15, 0.2) is 5.13 Å². The van der Waals surface area contributed by atoms with E-state index in [1.165, 1.54) is 17.5 Å². The maximum Gasteiger partial charge on any atom is 0.259 e. The summed E-state index contributed by atoms with van der Waals surface area (Å²) in [5.74, 6) is -0.231. The van der Waals surface area contributed by atoms with Crippen molar-refractivity contribution < 1.29 is 4.79 Å². The van der Waals surface area contributed by atoms with Crippen LogP contribution in [0, 0.1) is 0 Å². The zero-order valence-electron chi connectivity index (χ0n) is 13.4. The Morgan fingerprint density at radius 1 is 1.24 bits per heavy atom. The minimum absolute atomic E-state index is 0.231. The fraction of sp³-hybridized carbons (Fsp3) is 0.167. The molecule has 3 aromatic rings. The van der Waals surface area contributed by atoms with Crippen molar-refractivity contribution in [2.45, 2.75) is 19.8 Å². The Kier molecular flexibility index (Phi) is 5.68. The average molecular weight is 392 g/mol. The Bertz CT molecular complexity index is 897. The first-order chi connectivity index (χ1) is 12.1. The molecule has 2 heterocycles. The second kappa shape index (κ2) is 7.95. The third-order valence-electron chi connectivity index (χ3n) is 3.51. The summed E-state index contributed by atoms with van der Waals surface area (Å²) in [4.78, 5) is 22.0. The molecule has 0 aliphatic rings. The van der Waals surface area contributed by atoms with Gasteiger partial charge in [0.25, 0.3) is 5.91 Å². The van der Waals surface area contributed by atoms with Crippen molar-refractivity contribution >= 4 is 45.6 Å². The van der Waals surface area contributed by atoms with E-state index < -0.39 is 0 Å². The molecule has 1 N–H and O–H groups in total. The highest BCUT2D eigenvalue weighted by Crippen LogP contribution is 2.35. The quantitative estimate of drug-likeness (QED) is 0.605. The van der Waals surface area contributed by atoms with Crippen molar-refractivity contribution in [1.82, 2.24) is 9.97 Å². The topological polar surface area (TPSA) is 54.9 Å². The largest absolute Gasteiger partial charge is 0.298 e. The van der Waals surface area contributed by atoms with Crippen LogP contribution in [0.25, 0.3) is 11.3 Å². The summed E-state index contributed by atoms with van der Waals surface area (Å²) in [6.07, 6.45) is 5.00. The van der Waals surface area contributed by atoms with Crippen LogP contribution < -0.4 is 5.32 Å². The van der Waals surface area contributed by atoms with E-state index in [2.05, 4.69) is 22.2 Å². The third kappa shape index (κ3) is 4.18. The van der Waals surface area contributed by atoms with Crippen molar-refractivity contribution in [3.63, 3.8) is 0 Å². The molecule has 0 saturated carbocycles. The van der Waals surface area contributed by atoms with Gasteiger partial charge in [-0.2, -0.15) is 0 Å². The number of thiazole rings is 1. The van der Waals surface area contributed by atoms with Crippen LogP contribution in [-0.2, 0) is 6.42 Å². The fourth-order valence-electron chi connectivity index (χ4n) is 2.34. The van der Waals surface area contributed by atoms with Gasteiger partial charge in [-0.15, -0.1) is 11.3 Å². The number of carbonyl (C=O) groups excluding carboxylic acids is 1. The van der Waals surface area contributed by atoms with Crippen molar-refractivity contribution in [3.05, 3.63) is 63.2 Å². The average Bonchev–Trinajstić information content (AvgIpc) is 3.01. The predicted molar refractivity (Wildman–Crippen MR) is 104 cm³/mol. The van der Waals surface area contributed by atoms with Crippen LogP contribution >= 0.6 is 34.5 Å². The lowest BCUT2D eigenvalue weighted by Gasteiger charge is -2.03. The van der Waals surface area contributed by atoms with Gasteiger partial charge in [0.1, 0.15) is 0 Å². The van der Waals surface area contributed by atoms with Crippen LogP contribution in [0.2, 0.25) is 10.0 Å². The Hall–Kier alpha value is -1.95. The molecule has 4 nitrogen and oxygen atoms in total. The minimum atomic E-state index is -0.231. The molecule has 0 bridgehead atoms. The summed E-state index contributed by atoms with van der Waals surface area (Å²) in [5.41, 5.74) is 2.20. The summed E-state index contributed by atoms with van der Waals surface area (Å²) in [5, 5.41) is 4.38. The summed E-state index contributed by atoms with van der Waals surface area (Å²) in [6.45, 7) is 2.10. The lowest BCUT2D eigenvalue weighted by molar-refractivity contribution is 0.102. The molecule has 1 aromatic carbocycles. The lowest BCUT2D eigenvalue weighted by atomic mass is 10.1. The van der Waals surface area contributed by atoms with E-state index in [0.717, 1.165) is 29.0 Å². The van der Waals surface area contributed by atoms with Crippen molar-refractivity contribution in [2.75, 3.05) is 5.32 Å². The Morgan fingerprint density at radius 2 is 2.08 bits per heavy atom. The van der Waals surface area contributed by atoms with E-state index in [-0.39, 0.29) is 5.91 Å². The summed E-state index contributed by atoms with van der Waals surface area (Å²) in [7, 11) is 0. The molecule has 0 saturated heterocycles. The van der Waals surface area contributed by atoms with E-state index in [1.807, 2.05) is 6.07 Å². The van der Waals surface area contributed by atoms with Gasteiger partial charge in [-0.25, -0.2) is 4.98 Å². The number of hydrogen-bond acceptors (Lipinski definition) is 4. The van der Waals surface area contributed by atoms with E-state index in [4.69, 9.17) is 23.2 Å². The molecule has 2 aromatic heterocycles. The van der Waals surface area contributed by atoms with Crippen molar-refractivity contribution in [2.24, 2.45) is 0 Å². The SMILES string of the molecule is CCCc1sc(NC(=O)c2cccnc2)nc1-c1ccc(Cl)c(Cl)c1. The molecule has 128 valence electrons. The molecule has 7 heteroatoms. The van der Waals surface area contributed by atoms with Gasteiger partial charge in [0.05, 0.1) is 21.3 Å². The predicted octanol–water partition coefficient (Wildman–Crippen LogP) is 5.72. The van der Waals surface area contributed by atoms with Gasteiger partial charge in [-0.1, -0.05) is 42.6 Å². The summed E-state index contributed by atoms with van der Waals surface area (Å²) in [6, 6.07) is 8.87. The van der Waals surface area contributed by atoms with E-state index in [0.29, 0.717) is 20.7 Å². The number of benzene rings is 1. The number of nitrogens with zero attached hydrogens (tertiary/aromatic N) is 2. The molecule has 3 rings (SSSR count). The number of aromatic nitrogens is 2. The molecular formula is C18H15Cl2N3OS. The van der Waals surface area contributed by atoms with Crippen LogP contribution in [0.1, 0.15) is 28.6 Å². The normalized spacial score (nSPS) is 10.7. The first-order valence-electron chi connectivity index (χ1n) is 7.75. The molecule has 0 unspecified atom stereocenters. The number of halogens is 2. The highest BCUT2D eigenvalue weighted by Gasteiger charge is 2.16. The number of nitrogens with one attached hydrogen (secondary N) is 1. The number of amides is 1. The van der Waals surface area contributed by atoms with E-state index in [9.17, 15) is 4.79 Å². The summed E-state index contributed by atoms with van der Waals surface area (Å²) >= 11 is 13.6. The molecule has 0 spiro atoms. The minimum Gasteiger partial charge on any atom is -0.298 e. The van der Waals surface area contributed by atoms with Crippen molar-refractivity contribution in [3.8, 4) is 11.3 Å². The lowest BCUT2D eigenvalue weighted by Crippen LogP contribution is -2.11. The third-order valence-corrected chi connectivity index (χ3v) is 5.28. The molecule has 0 fully saturated rings. The van der Waals surface area contributed by atoms with Crippen LogP contribution in [-0.4, -0.2) is 15.9 Å². The second-order valence-electron chi connectivity index (χ2n) is 5.37. The second-order valence-corrected chi connectivity index (χ2v) is 7.26. The van der Waals surface area contributed by atoms with Gasteiger partial charge in [-0.3, -0.25) is 15.1 Å². The van der Waals surface area contributed by atoms with Gasteiger partial charge in [0.2, 0.25) is 0 Å². The molecule has 0 radical (unpaired) electrons. The molecule has 0 aliphatic carbocycles. The number of anilines is 1. The van der Waals surface area contributed by atoms with E-state index in [1.54, 1.807) is 30.5 Å². The van der Waals surface area contributed by atoms with Gasteiger partial charge in [-0.05, 0) is 30.7 Å².